The molecule has 94 valence electrons. The quantitative estimate of drug-likeness (QED) is 0.817. The first-order valence-corrected chi connectivity index (χ1v) is 6.40. The van der Waals surface area contributed by atoms with Crippen LogP contribution < -0.4 is 10.5 Å². The first kappa shape index (κ1) is 12.2. The Morgan fingerprint density at radius 3 is 3.00 bits per heavy atom. The minimum Gasteiger partial charge on any atom is -0.495 e. The minimum absolute atomic E-state index is 0.623. The summed E-state index contributed by atoms with van der Waals surface area (Å²) < 4.78 is 5.29. The van der Waals surface area contributed by atoms with Gasteiger partial charge >= 0.3 is 0 Å². The molecule has 0 bridgehead atoms. The lowest BCUT2D eigenvalue weighted by Crippen LogP contribution is -2.34. The second-order valence-electron chi connectivity index (χ2n) is 4.73. The van der Waals surface area contributed by atoms with E-state index in [1.54, 1.807) is 7.11 Å². The normalized spacial score (nSPS) is 21.4. The van der Waals surface area contributed by atoms with Gasteiger partial charge in [-0.25, -0.2) is 0 Å². The van der Waals surface area contributed by atoms with E-state index < -0.39 is 0 Å². The fourth-order valence-electron chi connectivity index (χ4n) is 2.60. The molecule has 1 heterocycles. The number of piperidine rings is 1. The Labute approximate surface area is 104 Å². The molecule has 2 N–H and O–H groups in total. The van der Waals surface area contributed by atoms with Gasteiger partial charge in [-0.1, -0.05) is 13.0 Å². The average Bonchev–Trinajstić information content (AvgIpc) is 2.39. The van der Waals surface area contributed by atoms with Crippen molar-refractivity contribution in [1.29, 1.82) is 0 Å². The molecule has 1 aliphatic heterocycles. The molecule has 0 spiro atoms. The summed E-state index contributed by atoms with van der Waals surface area (Å²) in [6, 6.07) is 6.19. The Morgan fingerprint density at radius 1 is 1.47 bits per heavy atom. The molecule has 1 aromatic rings. The highest BCUT2D eigenvalue weighted by atomic mass is 16.5. The van der Waals surface area contributed by atoms with Crippen molar-refractivity contribution in [2.75, 3.05) is 32.5 Å². The number of hydrogen-bond donors (Lipinski definition) is 1. The second-order valence-corrected chi connectivity index (χ2v) is 4.73. The number of nitrogens with zero attached hydrogens (tertiary/aromatic N) is 1. The molecule has 1 saturated heterocycles. The highest BCUT2D eigenvalue weighted by Crippen LogP contribution is 2.31. The molecule has 0 amide bonds. The average molecular weight is 234 g/mol. The van der Waals surface area contributed by atoms with E-state index in [-0.39, 0.29) is 0 Å². The van der Waals surface area contributed by atoms with Crippen molar-refractivity contribution in [2.45, 2.75) is 25.7 Å². The van der Waals surface area contributed by atoms with Gasteiger partial charge in [0.05, 0.1) is 12.8 Å². The van der Waals surface area contributed by atoms with Crippen molar-refractivity contribution in [3.63, 3.8) is 0 Å². The number of nitrogen functional groups attached to an aromatic ring is 1. The third-order valence-corrected chi connectivity index (χ3v) is 3.68. The number of methoxy groups -OCH3 is 1. The van der Waals surface area contributed by atoms with E-state index in [1.165, 1.54) is 24.9 Å². The fourth-order valence-corrected chi connectivity index (χ4v) is 2.60. The zero-order chi connectivity index (χ0) is 12.3. The van der Waals surface area contributed by atoms with Crippen LogP contribution in [0.5, 0.6) is 5.75 Å². The van der Waals surface area contributed by atoms with Gasteiger partial charge in [-0.3, -0.25) is 0 Å². The minimum atomic E-state index is 0.623. The van der Waals surface area contributed by atoms with Gasteiger partial charge in [0.15, 0.2) is 0 Å². The van der Waals surface area contributed by atoms with Gasteiger partial charge in [-0.15, -0.1) is 0 Å². The van der Waals surface area contributed by atoms with Gasteiger partial charge in [-0.2, -0.15) is 0 Å². The van der Waals surface area contributed by atoms with Crippen LogP contribution in [-0.2, 0) is 0 Å². The number of benzene rings is 1. The predicted molar refractivity (Wildman–Crippen MR) is 71.5 cm³/mol. The van der Waals surface area contributed by atoms with Crippen LogP contribution >= 0.6 is 0 Å². The smallest absolute Gasteiger partial charge is 0.142 e. The van der Waals surface area contributed by atoms with E-state index in [0.29, 0.717) is 5.92 Å². The van der Waals surface area contributed by atoms with Crippen molar-refractivity contribution in [1.82, 2.24) is 4.90 Å². The number of anilines is 1. The highest BCUT2D eigenvalue weighted by molar-refractivity contribution is 5.54. The molecular formula is C14H22N2O. The largest absolute Gasteiger partial charge is 0.495 e. The Hall–Kier alpha value is -1.22. The second kappa shape index (κ2) is 5.41. The summed E-state index contributed by atoms with van der Waals surface area (Å²) in [6.07, 6.45) is 2.55. The van der Waals surface area contributed by atoms with Crippen LogP contribution in [0.15, 0.2) is 18.2 Å². The number of likely N-dealkylation sites (tertiary alicyclic amines) is 1. The molecule has 2 rings (SSSR count). The standard InChI is InChI=1S/C14H22N2O/c1-3-16-8-4-5-12(10-16)11-6-7-13(15)14(9-11)17-2/h6-7,9,12H,3-5,8,10,15H2,1-2H3. The molecule has 1 aromatic carbocycles. The Balaban J connectivity index is 2.16. The number of nitrogens with two attached hydrogens (primary N) is 1. The molecule has 0 radical (unpaired) electrons. The van der Waals surface area contributed by atoms with Crippen molar-refractivity contribution >= 4 is 5.69 Å². The third-order valence-electron chi connectivity index (χ3n) is 3.68. The fraction of sp³-hybridized carbons (Fsp3) is 0.571. The van der Waals surface area contributed by atoms with Crippen molar-refractivity contribution in [2.24, 2.45) is 0 Å². The highest BCUT2D eigenvalue weighted by Gasteiger charge is 2.20. The van der Waals surface area contributed by atoms with E-state index in [0.717, 1.165) is 24.5 Å². The van der Waals surface area contributed by atoms with Gasteiger partial charge < -0.3 is 15.4 Å². The zero-order valence-corrected chi connectivity index (χ0v) is 10.8. The summed E-state index contributed by atoms with van der Waals surface area (Å²) >= 11 is 0. The maximum atomic E-state index is 5.85. The summed E-state index contributed by atoms with van der Waals surface area (Å²) in [5, 5.41) is 0. The van der Waals surface area contributed by atoms with E-state index in [2.05, 4.69) is 24.0 Å². The first-order valence-electron chi connectivity index (χ1n) is 6.40. The lowest BCUT2D eigenvalue weighted by molar-refractivity contribution is 0.218. The molecular weight excluding hydrogens is 212 g/mol. The van der Waals surface area contributed by atoms with Crippen molar-refractivity contribution < 1.29 is 4.74 Å². The zero-order valence-electron chi connectivity index (χ0n) is 10.8. The maximum Gasteiger partial charge on any atom is 0.142 e. The summed E-state index contributed by atoms with van der Waals surface area (Å²) in [4.78, 5) is 2.51. The topological polar surface area (TPSA) is 38.5 Å². The van der Waals surface area contributed by atoms with Crippen LogP contribution in [0.1, 0.15) is 31.2 Å². The van der Waals surface area contributed by atoms with Gasteiger partial charge in [0, 0.05) is 6.54 Å². The number of ether oxygens (including phenoxy) is 1. The molecule has 1 fully saturated rings. The SMILES string of the molecule is CCN1CCCC(c2ccc(N)c(OC)c2)C1. The molecule has 1 atom stereocenters. The maximum absolute atomic E-state index is 5.85. The first-order chi connectivity index (χ1) is 8.24. The van der Waals surface area contributed by atoms with Gasteiger partial charge in [0.2, 0.25) is 0 Å². The van der Waals surface area contributed by atoms with E-state index in [4.69, 9.17) is 10.5 Å². The van der Waals surface area contributed by atoms with Crippen LogP contribution in [0.3, 0.4) is 0 Å². The Kier molecular flexibility index (Phi) is 3.89. The summed E-state index contributed by atoms with van der Waals surface area (Å²) in [5.41, 5.74) is 7.92. The lowest BCUT2D eigenvalue weighted by atomic mass is 9.90. The number of likely N-dealkylation sites (N-methyl/N-ethyl adjacent to an activating group) is 1. The van der Waals surface area contributed by atoms with E-state index in [1.807, 2.05) is 6.07 Å². The molecule has 1 unspecified atom stereocenters. The summed E-state index contributed by atoms with van der Waals surface area (Å²) in [5.74, 6) is 1.43. The molecule has 0 aliphatic carbocycles. The third kappa shape index (κ3) is 2.72. The van der Waals surface area contributed by atoms with Crippen LogP contribution in [0.4, 0.5) is 5.69 Å². The molecule has 17 heavy (non-hydrogen) atoms. The number of hydrogen-bond acceptors (Lipinski definition) is 3. The molecule has 0 aromatic heterocycles. The summed E-state index contributed by atoms with van der Waals surface area (Å²) in [6.45, 7) is 5.76. The predicted octanol–water partition coefficient (Wildman–Crippen LogP) is 2.48. The molecule has 1 aliphatic rings. The van der Waals surface area contributed by atoms with Crippen molar-refractivity contribution in [3.8, 4) is 5.75 Å². The van der Waals surface area contributed by atoms with Crippen molar-refractivity contribution in [3.05, 3.63) is 23.8 Å². The van der Waals surface area contributed by atoms with Crippen LogP contribution in [0, 0.1) is 0 Å². The Bertz CT molecular complexity index is 378. The van der Waals surface area contributed by atoms with E-state index >= 15 is 0 Å². The van der Waals surface area contributed by atoms with Crippen LogP contribution in [-0.4, -0.2) is 31.6 Å². The monoisotopic (exact) mass is 234 g/mol. The van der Waals surface area contributed by atoms with Crippen LogP contribution in [0.2, 0.25) is 0 Å². The molecule has 3 heteroatoms. The molecule has 3 nitrogen and oxygen atoms in total. The van der Waals surface area contributed by atoms with Crippen LogP contribution in [0.25, 0.3) is 0 Å². The summed E-state index contributed by atoms with van der Waals surface area (Å²) in [7, 11) is 1.68. The lowest BCUT2D eigenvalue weighted by Gasteiger charge is -2.32. The van der Waals surface area contributed by atoms with Gasteiger partial charge in [0.25, 0.3) is 0 Å². The Morgan fingerprint density at radius 2 is 2.29 bits per heavy atom. The molecule has 0 saturated carbocycles. The van der Waals surface area contributed by atoms with Gasteiger partial charge in [-0.05, 0) is 49.5 Å². The van der Waals surface area contributed by atoms with Gasteiger partial charge in [0.1, 0.15) is 5.75 Å². The van der Waals surface area contributed by atoms with E-state index in [9.17, 15) is 0 Å². The number of rotatable bonds is 3.